The summed E-state index contributed by atoms with van der Waals surface area (Å²) in [6.07, 6.45) is 4.53. The normalized spacial score (nSPS) is 16.8. The summed E-state index contributed by atoms with van der Waals surface area (Å²) in [4.78, 5) is 11.8. The fraction of sp³-hybridized carbons (Fsp3) is 0.533. The highest BCUT2D eigenvalue weighted by molar-refractivity contribution is 5.81. The van der Waals surface area contributed by atoms with Gasteiger partial charge in [0.1, 0.15) is 5.78 Å². The Kier molecular flexibility index (Phi) is 3.95. The zero-order chi connectivity index (χ0) is 12.3. The molecule has 17 heavy (non-hydrogen) atoms. The Morgan fingerprint density at radius 3 is 2.41 bits per heavy atom. The van der Waals surface area contributed by atoms with E-state index in [0.29, 0.717) is 18.8 Å². The van der Waals surface area contributed by atoms with Crippen molar-refractivity contribution >= 4 is 5.78 Å². The number of hydrogen-bond donors (Lipinski definition) is 1. The average molecular weight is 231 g/mol. The molecule has 0 saturated heterocycles. The second-order valence-corrected chi connectivity index (χ2v) is 5.09. The van der Waals surface area contributed by atoms with Crippen LogP contribution >= 0.6 is 0 Å². The van der Waals surface area contributed by atoms with Crippen molar-refractivity contribution in [2.24, 2.45) is 11.7 Å². The van der Waals surface area contributed by atoms with Gasteiger partial charge in [0.2, 0.25) is 0 Å². The molecule has 1 aromatic carbocycles. The van der Waals surface area contributed by atoms with Gasteiger partial charge in [-0.2, -0.15) is 0 Å². The Morgan fingerprint density at radius 1 is 1.29 bits per heavy atom. The molecular formula is C15H21NO. The summed E-state index contributed by atoms with van der Waals surface area (Å²) >= 11 is 0. The molecule has 92 valence electrons. The van der Waals surface area contributed by atoms with Crippen LogP contribution < -0.4 is 5.73 Å². The molecule has 2 heteroatoms. The number of benzene rings is 1. The van der Waals surface area contributed by atoms with Crippen LogP contribution in [0.5, 0.6) is 0 Å². The van der Waals surface area contributed by atoms with E-state index < -0.39 is 0 Å². The summed E-state index contributed by atoms with van der Waals surface area (Å²) in [6.45, 7) is 2.13. The van der Waals surface area contributed by atoms with Gasteiger partial charge in [-0.25, -0.2) is 0 Å². The number of hydrogen-bond acceptors (Lipinski definition) is 2. The molecule has 0 amide bonds. The van der Waals surface area contributed by atoms with Gasteiger partial charge in [0, 0.05) is 18.9 Å². The molecule has 1 aromatic rings. The van der Waals surface area contributed by atoms with Crippen LogP contribution in [-0.2, 0) is 17.6 Å². The highest BCUT2D eigenvalue weighted by Gasteiger charge is 2.29. The quantitative estimate of drug-likeness (QED) is 0.817. The van der Waals surface area contributed by atoms with Gasteiger partial charge in [-0.3, -0.25) is 4.79 Å². The third kappa shape index (κ3) is 3.67. The van der Waals surface area contributed by atoms with E-state index in [0.717, 1.165) is 12.0 Å². The molecule has 0 aromatic heterocycles. The lowest BCUT2D eigenvalue weighted by molar-refractivity contribution is -0.118. The molecule has 1 aliphatic rings. The third-order valence-electron chi connectivity index (χ3n) is 3.52. The summed E-state index contributed by atoms with van der Waals surface area (Å²) in [7, 11) is 0. The topological polar surface area (TPSA) is 43.1 Å². The van der Waals surface area contributed by atoms with E-state index in [1.54, 1.807) is 0 Å². The van der Waals surface area contributed by atoms with E-state index in [9.17, 15) is 4.79 Å². The monoisotopic (exact) mass is 231 g/mol. The van der Waals surface area contributed by atoms with Crippen LogP contribution in [0.2, 0.25) is 0 Å². The minimum absolute atomic E-state index is 0.0948. The maximum absolute atomic E-state index is 11.8. The molecule has 2 nitrogen and oxygen atoms in total. The van der Waals surface area contributed by atoms with Crippen molar-refractivity contribution in [2.75, 3.05) is 0 Å². The fourth-order valence-corrected chi connectivity index (χ4v) is 2.15. The summed E-state index contributed by atoms with van der Waals surface area (Å²) < 4.78 is 0. The first-order chi connectivity index (χ1) is 8.19. The van der Waals surface area contributed by atoms with Gasteiger partial charge in [-0.05, 0) is 36.3 Å². The largest absolute Gasteiger partial charge is 0.327 e. The molecule has 1 fully saturated rings. The van der Waals surface area contributed by atoms with Gasteiger partial charge in [-0.1, -0.05) is 31.2 Å². The summed E-state index contributed by atoms with van der Waals surface area (Å²) in [5.41, 5.74) is 8.38. The van der Waals surface area contributed by atoms with Crippen LogP contribution in [0.3, 0.4) is 0 Å². The van der Waals surface area contributed by atoms with E-state index in [1.807, 2.05) is 0 Å². The standard InChI is InChI=1S/C15H21NO/c1-2-11-3-5-12(6-4-11)9-14(17)10-15(16)13-7-8-13/h3-6,13,15H,2,7-10,16H2,1H3. The highest BCUT2D eigenvalue weighted by atomic mass is 16.1. The van der Waals surface area contributed by atoms with Crippen LogP contribution in [0.15, 0.2) is 24.3 Å². The fourth-order valence-electron chi connectivity index (χ4n) is 2.15. The van der Waals surface area contributed by atoms with Crippen LogP contribution in [-0.4, -0.2) is 11.8 Å². The molecular weight excluding hydrogens is 210 g/mol. The average Bonchev–Trinajstić information content (AvgIpc) is 3.13. The van der Waals surface area contributed by atoms with E-state index in [1.165, 1.54) is 18.4 Å². The number of nitrogens with two attached hydrogens (primary N) is 1. The van der Waals surface area contributed by atoms with Gasteiger partial charge < -0.3 is 5.73 Å². The predicted molar refractivity (Wildman–Crippen MR) is 69.8 cm³/mol. The summed E-state index contributed by atoms with van der Waals surface area (Å²) in [6, 6.07) is 8.41. The van der Waals surface area contributed by atoms with E-state index >= 15 is 0 Å². The first-order valence-corrected chi connectivity index (χ1v) is 6.54. The molecule has 2 rings (SSSR count). The molecule has 0 aliphatic heterocycles. The Bertz CT molecular complexity index is 378. The van der Waals surface area contributed by atoms with E-state index in [-0.39, 0.29) is 11.8 Å². The van der Waals surface area contributed by atoms with Crippen LogP contribution in [0.1, 0.15) is 37.3 Å². The molecule has 0 spiro atoms. The van der Waals surface area contributed by atoms with Crippen molar-refractivity contribution < 1.29 is 4.79 Å². The number of Topliss-reactive ketones (excluding diaryl/α,β-unsaturated/α-hetero) is 1. The Balaban J connectivity index is 1.84. The minimum Gasteiger partial charge on any atom is -0.327 e. The number of aryl methyl sites for hydroxylation is 1. The number of rotatable bonds is 6. The molecule has 1 saturated carbocycles. The van der Waals surface area contributed by atoms with Gasteiger partial charge >= 0.3 is 0 Å². The second-order valence-electron chi connectivity index (χ2n) is 5.09. The van der Waals surface area contributed by atoms with Crippen molar-refractivity contribution in [2.45, 2.75) is 45.1 Å². The summed E-state index contributed by atoms with van der Waals surface area (Å²) in [5.74, 6) is 0.884. The van der Waals surface area contributed by atoms with E-state index in [4.69, 9.17) is 5.73 Å². The first-order valence-electron chi connectivity index (χ1n) is 6.54. The molecule has 0 bridgehead atoms. The van der Waals surface area contributed by atoms with Gasteiger partial charge in [-0.15, -0.1) is 0 Å². The zero-order valence-corrected chi connectivity index (χ0v) is 10.5. The maximum Gasteiger partial charge on any atom is 0.138 e. The van der Waals surface area contributed by atoms with Crippen LogP contribution in [0.25, 0.3) is 0 Å². The van der Waals surface area contributed by atoms with Crippen molar-refractivity contribution in [3.05, 3.63) is 35.4 Å². The van der Waals surface area contributed by atoms with Gasteiger partial charge in [0.15, 0.2) is 0 Å². The first kappa shape index (κ1) is 12.3. The Morgan fingerprint density at radius 2 is 1.88 bits per heavy atom. The second kappa shape index (κ2) is 5.46. The van der Waals surface area contributed by atoms with Crippen molar-refractivity contribution in [3.8, 4) is 0 Å². The predicted octanol–water partition coefficient (Wildman–Crippen LogP) is 2.49. The Labute approximate surface area is 103 Å². The van der Waals surface area contributed by atoms with Crippen molar-refractivity contribution in [3.63, 3.8) is 0 Å². The molecule has 0 radical (unpaired) electrons. The lowest BCUT2D eigenvalue weighted by Gasteiger charge is -2.09. The zero-order valence-electron chi connectivity index (χ0n) is 10.5. The Hall–Kier alpha value is -1.15. The van der Waals surface area contributed by atoms with Gasteiger partial charge in [0.25, 0.3) is 0 Å². The number of carbonyl (C=O) groups is 1. The van der Waals surface area contributed by atoms with Gasteiger partial charge in [0.05, 0.1) is 0 Å². The highest BCUT2D eigenvalue weighted by Crippen LogP contribution is 2.32. The molecule has 2 N–H and O–H groups in total. The van der Waals surface area contributed by atoms with Crippen LogP contribution in [0, 0.1) is 5.92 Å². The number of ketones is 1. The third-order valence-corrected chi connectivity index (χ3v) is 3.52. The minimum atomic E-state index is 0.0948. The lowest BCUT2D eigenvalue weighted by Crippen LogP contribution is -2.26. The molecule has 0 heterocycles. The summed E-state index contributed by atoms with van der Waals surface area (Å²) in [5, 5.41) is 0. The maximum atomic E-state index is 11.8. The van der Waals surface area contributed by atoms with Crippen molar-refractivity contribution in [1.29, 1.82) is 0 Å². The molecule has 1 aliphatic carbocycles. The van der Waals surface area contributed by atoms with E-state index in [2.05, 4.69) is 31.2 Å². The lowest BCUT2D eigenvalue weighted by atomic mass is 10.0. The molecule has 1 atom stereocenters. The SMILES string of the molecule is CCc1ccc(CC(=O)CC(N)C2CC2)cc1. The van der Waals surface area contributed by atoms with Crippen LogP contribution in [0.4, 0.5) is 0 Å². The van der Waals surface area contributed by atoms with Crippen molar-refractivity contribution in [1.82, 2.24) is 0 Å². The smallest absolute Gasteiger partial charge is 0.138 e. The number of carbonyl (C=O) groups excluding carboxylic acids is 1. The molecule has 1 unspecified atom stereocenters.